The van der Waals surface area contributed by atoms with Crippen molar-refractivity contribution in [3.63, 3.8) is 0 Å². The number of carboxylic acids is 1. The first-order valence-corrected chi connectivity index (χ1v) is 10.5. The SMILES string of the molecule is COc1ccccc1C(=CCSc1ccc(OCC(=O)O)cc1C)c1ccccc1. The van der Waals surface area contributed by atoms with Crippen molar-refractivity contribution in [1.82, 2.24) is 0 Å². The third-order valence-corrected chi connectivity index (χ3v) is 5.62. The fourth-order valence-electron chi connectivity index (χ4n) is 3.10. The number of aryl methyl sites for hydroxylation is 1. The summed E-state index contributed by atoms with van der Waals surface area (Å²) in [5, 5.41) is 8.75. The molecular weight excluding hydrogens is 396 g/mol. The molecule has 154 valence electrons. The molecule has 5 heteroatoms. The molecule has 0 spiro atoms. The second-order valence-electron chi connectivity index (χ2n) is 6.60. The molecule has 0 atom stereocenters. The molecule has 0 heterocycles. The summed E-state index contributed by atoms with van der Waals surface area (Å²) in [4.78, 5) is 11.8. The standard InChI is InChI=1S/C25H24O4S/c1-18-16-20(29-17-25(26)27)12-13-24(18)30-15-14-21(19-8-4-3-5-9-19)22-10-6-7-11-23(22)28-2/h3-14,16H,15,17H2,1-2H3,(H,26,27). The summed E-state index contributed by atoms with van der Waals surface area (Å²) in [6.45, 7) is 1.66. The Hall–Kier alpha value is -3.18. The molecule has 0 aliphatic heterocycles. The van der Waals surface area contributed by atoms with Gasteiger partial charge in [-0.3, -0.25) is 0 Å². The van der Waals surface area contributed by atoms with Crippen molar-refractivity contribution in [2.75, 3.05) is 19.5 Å². The van der Waals surface area contributed by atoms with Crippen LogP contribution >= 0.6 is 11.8 Å². The number of benzene rings is 3. The predicted octanol–water partition coefficient (Wildman–Crippen LogP) is 5.69. The van der Waals surface area contributed by atoms with E-state index in [1.165, 1.54) is 0 Å². The van der Waals surface area contributed by atoms with E-state index in [0.717, 1.165) is 38.7 Å². The number of hydrogen-bond acceptors (Lipinski definition) is 4. The van der Waals surface area contributed by atoms with Crippen LogP contribution in [0.3, 0.4) is 0 Å². The monoisotopic (exact) mass is 420 g/mol. The van der Waals surface area contributed by atoms with Gasteiger partial charge in [-0.05, 0) is 47.9 Å². The Balaban J connectivity index is 1.81. The largest absolute Gasteiger partial charge is 0.496 e. The van der Waals surface area contributed by atoms with Gasteiger partial charge in [0.15, 0.2) is 6.61 Å². The minimum Gasteiger partial charge on any atom is -0.496 e. The number of rotatable bonds is 9. The van der Waals surface area contributed by atoms with Crippen LogP contribution in [0.5, 0.6) is 11.5 Å². The molecule has 0 unspecified atom stereocenters. The highest BCUT2D eigenvalue weighted by atomic mass is 32.2. The maximum Gasteiger partial charge on any atom is 0.341 e. The third-order valence-electron chi connectivity index (χ3n) is 4.52. The fourth-order valence-corrected chi connectivity index (χ4v) is 3.98. The number of thioether (sulfide) groups is 1. The molecule has 0 aliphatic rings. The minimum absolute atomic E-state index is 0.339. The molecule has 0 amide bonds. The van der Waals surface area contributed by atoms with Crippen LogP contribution < -0.4 is 9.47 Å². The van der Waals surface area contributed by atoms with E-state index in [9.17, 15) is 4.79 Å². The predicted molar refractivity (Wildman–Crippen MR) is 122 cm³/mol. The fraction of sp³-hybridized carbons (Fsp3) is 0.160. The first kappa shape index (κ1) is 21.5. The summed E-state index contributed by atoms with van der Waals surface area (Å²) in [6, 6.07) is 23.9. The summed E-state index contributed by atoms with van der Waals surface area (Å²) in [5.74, 6) is 1.20. The van der Waals surface area contributed by atoms with Crippen LogP contribution in [0.1, 0.15) is 16.7 Å². The highest BCUT2D eigenvalue weighted by Crippen LogP contribution is 2.33. The number of carboxylic acid groups (broad SMARTS) is 1. The molecule has 3 rings (SSSR count). The van der Waals surface area contributed by atoms with Crippen LogP contribution in [0.15, 0.2) is 83.8 Å². The van der Waals surface area contributed by atoms with Crippen LogP contribution in [-0.4, -0.2) is 30.5 Å². The first-order chi connectivity index (χ1) is 14.6. The molecule has 3 aromatic rings. The van der Waals surface area contributed by atoms with Gasteiger partial charge in [-0.25, -0.2) is 4.79 Å². The lowest BCUT2D eigenvalue weighted by Gasteiger charge is -2.13. The molecule has 0 fully saturated rings. The van der Waals surface area contributed by atoms with Gasteiger partial charge in [-0.15, -0.1) is 11.8 Å². The molecule has 0 bridgehead atoms. The Kier molecular flexibility index (Phi) is 7.57. The zero-order valence-electron chi connectivity index (χ0n) is 17.0. The Morgan fingerprint density at radius 1 is 1.03 bits per heavy atom. The number of methoxy groups -OCH3 is 1. The molecule has 3 aromatic carbocycles. The van der Waals surface area contributed by atoms with Gasteiger partial charge < -0.3 is 14.6 Å². The van der Waals surface area contributed by atoms with E-state index in [1.807, 2.05) is 55.5 Å². The average molecular weight is 421 g/mol. The Bertz CT molecular complexity index is 1030. The molecule has 0 saturated heterocycles. The second-order valence-corrected chi connectivity index (χ2v) is 7.67. The third kappa shape index (κ3) is 5.67. The van der Waals surface area contributed by atoms with E-state index in [4.69, 9.17) is 14.6 Å². The van der Waals surface area contributed by atoms with Gasteiger partial charge in [0, 0.05) is 16.2 Å². The zero-order valence-corrected chi connectivity index (χ0v) is 17.8. The summed E-state index contributed by atoms with van der Waals surface area (Å²) in [7, 11) is 1.69. The summed E-state index contributed by atoms with van der Waals surface area (Å²) in [5.41, 5.74) is 4.37. The number of para-hydroxylation sites is 1. The van der Waals surface area contributed by atoms with Crippen LogP contribution in [0, 0.1) is 6.92 Å². The maximum atomic E-state index is 10.7. The van der Waals surface area contributed by atoms with E-state index in [-0.39, 0.29) is 6.61 Å². The van der Waals surface area contributed by atoms with Crippen molar-refractivity contribution in [1.29, 1.82) is 0 Å². The van der Waals surface area contributed by atoms with Crippen LogP contribution in [0.25, 0.3) is 5.57 Å². The van der Waals surface area contributed by atoms with Gasteiger partial charge in [0.25, 0.3) is 0 Å². The Morgan fingerprint density at radius 3 is 2.47 bits per heavy atom. The number of carbonyl (C=O) groups is 1. The normalized spacial score (nSPS) is 11.2. The van der Waals surface area contributed by atoms with Gasteiger partial charge in [0.05, 0.1) is 7.11 Å². The van der Waals surface area contributed by atoms with Crippen molar-refractivity contribution in [3.8, 4) is 11.5 Å². The number of hydrogen-bond donors (Lipinski definition) is 1. The van der Waals surface area contributed by atoms with Gasteiger partial charge in [0.1, 0.15) is 11.5 Å². The van der Waals surface area contributed by atoms with Crippen LogP contribution in [0.4, 0.5) is 0 Å². The molecule has 4 nitrogen and oxygen atoms in total. The van der Waals surface area contributed by atoms with Crippen LogP contribution in [0.2, 0.25) is 0 Å². The molecule has 0 radical (unpaired) electrons. The Labute approximate surface area is 181 Å². The molecule has 0 saturated carbocycles. The van der Waals surface area contributed by atoms with Gasteiger partial charge in [-0.2, -0.15) is 0 Å². The van der Waals surface area contributed by atoms with Gasteiger partial charge in [0.2, 0.25) is 0 Å². The van der Waals surface area contributed by atoms with Gasteiger partial charge >= 0.3 is 5.97 Å². The Morgan fingerprint density at radius 2 is 1.77 bits per heavy atom. The smallest absolute Gasteiger partial charge is 0.341 e. The first-order valence-electron chi connectivity index (χ1n) is 9.55. The lowest BCUT2D eigenvalue weighted by Crippen LogP contribution is -2.09. The topological polar surface area (TPSA) is 55.8 Å². The number of ether oxygens (including phenoxy) is 2. The van der Waals surface area contributed by atoms with Crippen molar-refractivity contribution < 1.29 is 19.4 Å². The molecule has 0 aliphatic carbocycles. The minimum atomic E-state index is -0.985. The quantitative estimate of drug-likeness (QED) is 0.451. The molecule has 1 N–H and O–H groups in total. The van der Waals surface area contributed by atoms with Crippen LogP contribution in [-0.2, 0) is 4.79 Å². The lowest BCUT2D eigenvalue weighted by molar-refractivity contribution is -0.139. The van der Waals surface area contributed by atoms with Gasteiger partial charge in [-0.1, -0.05) is 54.6 Å². The van der Waals surface area contributed by atoms with E-state index >= 15 is 0 Å². The summed E-state index contributed by atoms with van der Waals surface area (Å²) >= 11 is 1.72. The van der Waals surface area contributed by atoms with E-state index < -0.39 is 5.97 Å². The molecular formula is C25H24O4S. The van der Waals surface area contributed by atoms with E-state index in [2.05, 4.69) is 24.3 Å². The highest BCUT2D eigenvalue weighted by molar-refractivity contribution is 7.99. The maximum absolute atomic E-state index is 10.7. The molecule has 30 heavy (non-hydrogen) atoms. The van der Waals surface area contributed by atoms with Crippen molar-refractivity contribution in [2.45, 2.75) is 11.8 Å². The number of aliphatic carboxylic acids is 1. The summed E-state index contributed by atoms with van der Waals surface area (Å²) < 4.78 is 10.8. The molecule has 0 aromatic heterocycles. The van der Waals surface area contributed by atoms with E-state index in [0.29, 0.717) is 5.75 Å². The summed E-state index contributed by atoms with van der Waals surface area (Å²) in [6.07, 6.45) is 2.21. The second kappa shape index (κ2) is 10.6. The highest BCUT2D eigenvalue weighted by Gasteiger charge is 2.10. The van der Waals surface area contributed by atoms with Crippen molar-refractivity contribution >= 4 is 23.3 Å². The van der Waals surface area contributed by atoms with Crippen molar-refractivity contribution in [2.24, 2.45) is 0 Å². The van der Waals surface area contributed by atoms with Crippen molar-refractivity contribution in [3.05, 3.63) is 95.6 Å². The zero-order chi connectivity index (χ0) is 21.3. The lowest BCUT2D eigenvalue weighted by atomic mass is 9.97. The average Bonchev–Trinajstić information content (AvgIpc) is 2.77. The van der Waals surface area contributed by atoms with E-state index in [1.54, 1.807) is 24.9 Å².